The summed E-state index contributed by atoms with van der Waals surface area (Å²) < 4.78 is 0. The lowest BCUT2D eigenvalue weighted by atomic mass is 9.58. The lowest BCUT2D eigenvalue weighted by Crippen LogP contribution is -2.41. The highest BCUT2D eigenvalue weighted by molar-refractivity contribution is 5.38. The Bertz CT molecular complexity index is 4230. The predicted octanol–water partition coefficient (Wildman–Crippen LogP) is 31.7. The Morgan fingerprint density at radius 2 is 0.555 bits per heavy atom. The first kappa shape index (κ1) is 90.2. The molecule has 3 saturated carbocycles. The molecule has 0 unspecified atom stereocenters. The van der Waals surface area contributed by atoms with Crippen LogP contribution in [0, 0.1) is 90.3 Å². The van der Waals surface area contributed by atoms with Crippen molar-refractivity contribution in [3.63, 3.8) is 0 Å². The second-order valence-corrected chi connectivity index (χ2v) is 41.0. The summed E-state index contributed by atoms with van der Waals surface area (Å²) >= 11 is 0. The fraction of sp³-hybridized carbons (Fsp3) is 0.509. The lowest BCUT2D eigenvalue weighted by Gasteiger charge is -2.46. The van der Waals surface area contributed by atoms with E-state index in [1.807, 2.05) is 0 Å². The van der Waals surface area contributed by atoms with Gasteiger partial charge in [0.05, 0.1) is 0 Å². The van der Waals surface area contributed by atoms with E-state index in [2.05, 4.69) is 424 Å². The molecule has 0 aromatic heterocycles. The first-order valence-corrected chi connectivity index (χ1v) is 42.8. The molecule has 3 atom stereocenters. The molecular formula is C110H154. The minimum absolute atomic E-state index is 0.125. The largest absolute Gasteiger partial charge is 0.0622 e. The Morgan fingerprint density at radius 3 is 0.900 bits per heavy atom. The molecule has 110 heavy (non-hydrogen) atoms. The standard InChI is InChI=1S/C22H28.2C20H26.C17H26.C16H24.C15H24/c1-18-11-7-8-12-19(18)17-22(3,20-13-5-4-6-14-20)21(2)15-9-10-16-21;1-16-11-9-10-12-17(16)15-19(2,3)20(4,5)18-13-7-6-8-14-18;1-16-11-9-10-12-17(16)15-20(5,19(2,3)4)18-13-7-6-8-14-18;1-14-9-5-6-10-15(14)13-16(2,3)17(4)11-7-8-12-17;1-13-8-5-6-9-14(13)12-16(4)11-7-10-15(16,2)3;1-12-9-7-8-10-13(12)11-15(5,6)14(2,3)4/h4-8,11-14H,9-10,15-17H2,1-3H3;2*6-14H,15H2,1-5H3;5-6,9-10H,7-8,11-13H2,1-4H3;5-6,8-9H,7,10-12H2,1-4H3;7-10H,11H2,1-6H3/t22-;;20-;;16-;/m1.1.0./s1. The predicted molar refractivity (Wildman–Crippen MR) is 485 cm³/mol. The van der Waals surface area contributed by atoms with Gasteiger partial charge < -0.3 is 0 Å². The van der Waals surface area contributed by atoms with E-state index < -0.39 is 0 Å². The molecule has 0 radical (unpaired) electrons. The van der Waals surface area contributed by atoms with Gasteiger partial charge in [0.2, 0.25) is 0 Å². The van der Waals surface area contributed by atoms with Crippen LogP contribution in [0.25, 0.3) is 0 Å². The van der Waals surface area contributed by atoms with Crippen LogP contribution in [0.3, 0.4) is 0 Å². The Labute approximate surface area is 676 Å². The van der Waals surface area contributed by atoms with Crippen molar-refractivity contribution < 1.29 is 0 Å². The summed E-state index contributed by atoms with van der Waals surface area (Å²) in [6.07, 6.45) is 22.2. The van der Waals surface area contributed by atoms with Gasteiger partial charge in [0.1, 0.15) is 0 Å². The third-order valence-electron chi connectivity index (χ3n) is 30.4. The van der Waals surface area contributed by atoms with Gasteiger partial charge in [-0.1, -0.05) is 414 Å². The molecule has 9 aromatic carbocycles. The zero-order valence-electron chi connectivity index (χ0n) is 75.0. The van der Waals surface area contributed by atoms with Crippen molar-refractivity contribution in [2.24, 2.45) is 48.7 Å². The van der Waals surface area contributed by atoms with E-state index in [1.54, 1.807) is 5.56 Å². The maximum absolute atomic E-state index is 2.52. The Kier molecular flexibility index (Phi) is 30.9. The van der Waals surface area contributed by atoms with Gasteiger partial charge in [0.15, 0.2) is 0 Å². The van der Waals surface area contributed by atoms with Crippen LogP contribution in [0.1, 0.15) is 299 Å². The average Bonchev–Trinajstić information content (AvgIpc) is 1.47. The molecule has 0 nitrogen and oxygen atoms in total. The number of aryl methyl sites for hydroxylation is 6. The van der Waals surface area contributed by atoms with Crippen LogP contribution in [0.15, 0.2) is 237 Å². The molecule has 0 heterocycles. The van der Waals surface area contributed by atoms with E-state index in [0.717, 1.165) is 25.7 Å². The summed E-state index contributed by atoms with van der Waals surface area (Å²) in [5, 5.41) is 0. The second kappa shape index (κ2) is 37.7. The smallest absolute Gasteiger partial charge is 0.00189 e. The van der Waals surface area contributed by atoms with Gasteiger partial charge in [-0.15, -0.1) is 0 Å². The molecule has 0 N–H and O–H groups in total. The molecule has 0 amide bonds. The first-order chi connectivity index (χ1) is 51.4. The quantitative estimate of drug-likeness (QED) is 0.0803. The van der Waals surface area contributed by atoms with E-state index in [-0.39, 0.29) is 27.1 Å². The molecule has 0 saturated heterocycles. The van der Waals surface area contributed by atoms with Crippen molar-refractivity contribution in [1.29, 1.82) is 0 Å². The SMILES string of the molecule is Cc1ccccc1CC(C)(C)C(C)(C)C.Cc1ccccc1CC(C)(C)C(C)(C)c1ccccc1.Cc1ccccc1CC(C)(C)C1(C)CCCC1.Cc1ccccc1C[C@](C)(c1ccccc1)C(C)(C)C.Cc1ccccc1C[C@](C)(c1ccccc1)C1(C)CCCC1.Cc1ccccc1C[C@]1(C)CCCC1(C)C. The minimum atomic E-state index is 0.125. The number of benzene rings is 9. The van der Waals surface area contributed by atoms with Crippen LogP contribution in [-0.4, -0.2) is 0 Å². The van der Waals surface area contributed by atoms with E-state index >= 15 is 0 Å². The molecule has 3 aliphatic carbocycles. The number of hydrogen-bond donors (Lipinski definition) is 0. The molecule has 0 bridgehead atoms. The molecule has 3 fully saturated rings. The van der Waals surface area contributed by atoms with E-state index in [1.165, 1.54) is 161 Å². The molecule has 12 rings (SSSR count). The molecule has 0 spiro atoms. The maximum Gasteiger partial charge on any atom is 0.00189 e. The van der Waals surface area contributed by atoms with Gasteiger partial charge in [-0.3, -0.25) is 0 Å². The molecule has 3 aliphatic rings. The Balaban J connectivity index is 0.000000184. The molecule has 9 aromatic rings. The van der Waals surface area contributed by atoms with E-state index in [0.29, 0.717) is 37.9 Å². The molecule has 594 valence electrons. The van der Waals surface area contributed by atoms with Crippen LogP contribution in [-0.2, 0) is 54.8 Å². The summed E-state index contributed by atoms with van der Waals surface area (Å²) in [6, 6.07) is 85.8. The van der Waals surface area contributed by atoms with Crippen molar-refractivity contribution >= 4 is 0 Å². The molecule has 0 aliphatic heterocycles. The van der Waals surface area contributed by atoms with Gasteiger partial charge in [-0.25, -0.2) is 0 Å². The summed E-state index contributed by atoms with van der Waals surface area (Å²) in [6.45, 7) is 63.8. The Morgan fingerprint density at radius 1 is 0.255 bits per heavy atom. The third-order valence-corrected chi connectivity index (χ3v) is 30.4. The Hall–Kier alpha value is -7.02. The minimum Gasteiger partial charge on any atom is -0.0622 e. The topological polar surface area (TPSA) is 0 Å². The second-order valence-electron chi connectivity index (χ2n) is 41.0. The summed E-state index contributed by atoms with van der Waals surface area (Å²) in [5.74, 6) is 0. The van der Waals surface area contributed by atoms with Crippen molar-refractivity contribution in [3.05, 3.63) is 320 Å². The summed E-state index contributed by atoms with van der Waals surface area (Å²) in [4.78, 5) is 0. The van der Waals surface area contributed by atoms with Gasteiger partial charge >= 0.3 is 0 Å². The van der Waals surface area contributed by atoms with E-state index in [9.17, 15) is 0 Å². The van der Waals surface area contributed by atoms with Crippen molar-refractivity contribution in [1.82, 2.24) is 0 Å². The van der Waals surface area contributed by atoms with Crippen LogP contribution < -0.4 is 0 Å². The highest BCUT2D eigenvalue weighted by Gasteiger charge is 2.49. The monoisotopic (exact) mass is 1480 g/mol. The van der Waals surface area contributed by atoms with Crippen molar-refractivity contribution in [2.45, 2.75) is 312 Å². The van der Waals surface area contributed by atoms with Crippen molar-refractivity contribution in [2.75, 3.05) is 0 Å². The van der Waals surface area contributed by atoms with Gasteiger partial charge in [0.25, 0.3) is 0 Å². The summed E-state index contributed by atoms with van der Waals surface area (Å²) in [7, 11) is 0. The maximum atomic E-state index is 2.52. The van der Waals surface area contributed by atoms with Crippen molar-refractivity contribution in [3.8, 4) is 0 Å². The highest BCUT2D eigenvalue weighted by Crippen LogP contribution is 2.57. The fourth-order valence-corrected chi connectivity index (χ4v) is 17.9. The third kappa shape index (κ3) is 22.7. The van der Waals surface area contributed by atoms with Crippen LogP contribution in [0.5, 0.6) is 0 Å². The first-order valence-electron chi connectivity index (χ1n) is 42.8. The van der Waals surface area contributed by atoms with Crippen LogP contribution in [0.4, 0.5) is 0 Å². The zero-order valence-corrected chi connectivity index (χ0v) is 75.0. The fourth-order valence-electron chi connectivity index (χ4n) is 17.9. The van der Waals surface area contributed by atoms with Gasteiger partial charge in [-0.2, -0.15) is 0 Å². The number of rotatable bonds is 18. The lowest BCUT2D eigenvalue weighted by molar-refractivity contribution is 0.0955. The van der Waals surface area contributed by atoms with Gasteiger partial charge in [0, 0.05) is 10.8 Å². The average molecular weight is 1480 g/mol. The van der Waals surface area contributed by atoms with E-state index in [4.69, 9.17) is 0 Å². The molecule has 0 heteroatoms. The highest BCUT2D eigenvalue weighted by atomic mass is 14.5. The van der Waals surface area contributed by atoms with Gasteiger partial charge in [-0.05, 0) is 256 Å². The van der Waals surface area contributed by atoms with Crippen LogP contribution >= 0.6 is 0 Å². The number of hydrogen-bond acceptors (Lipinski definition) is 0. The van der Waals surface area contributed by atoms with Crippen LogP contribution in [0.2, 0.25) is 0 Å². The normalized spacial score (nSPS) is 17.8. The molecular weight excluding hydrogens is 1320 g/mol. The zero-order chi connectivity index (χ0) is 81.3. The summed E-state index contributed by atoms with van der Waals surface area (Å²) in [5.41, 5.74) is 25.7.